The van der Waals surface area contributed by atoms with E-state index in [0.29, 0.717) is 0 Å². The largest absolute Gasteiger partial charge is 0.130 e. The van der Waals surface area contributed by atoms with Gasteiger partial charge in [-0.2, -0.15) is 0 Å². The zero-order valence-electron chi connectivity index (χ0n) is 7.41. The highest BCUT2D eigenvalue weighted by atomic mass is 32.2. The first kappa shape index (κ1) is 7.49. The van der Waals surface area contributed by atoms with Gasteiger partial charge >= 0.3 is 0 Å². The molecule has 1 aliphatic heterocycles. The fourth-order valence-electron chi connectivity index (χ4n) is 3.31. The lowest BCUT2D eigenvalue weighted by Crippen LogP contribution is -2.27. The molecule has 0 aromatic rings. The van der Waals surface area contributed by atoms with E-state index < -0.39 is 0 Å². The Hall–Kier alpha value is 0.0900. The van der Waals surface area contributed by atoms with Crippen LogP contribution in [-0.2, 0) is 0 Å². The van der Waals surface area contributed by atoms with Gasteiger partial charge in [0.15, 0.2) is 0 Å². The predicted octanol–water partition coefficient (Wildman–Crippen LogP) is 3.44. The lowest BCUT2D eigenvalue weighted by atomic mass is 9.76. The van der Waals surface area contributed by atoms with Gasteiger partial charge in [-0.15, -0.1) is 11.8 Å². The van der Waals surface area contributed by atoms with Crippen LogP contribution < -0.4 is 0 Å². The van der Waals surface area contributed by atoms with E-state index in [1.54, 1.807) is 0 Å². The van der Waals surface area contributed by atoms with Crippen LogP contribution in [0.2, 0.25) is 0 Å². The second-order valence-corrected chi connectivity index (χ2v) is 5.74. The van der Waals surface area contributed by atoms with Crippen molar-refractivity contribution in [1.82, 2.24) is 0 Å². The Kier molecular flexibility index (Phi) is 1.75. The summed E-state index contributed by atoms with van der Waals surface area (Å²) in [6.07, 6.45) is 10.1. The highest BCUT2D eigenvalue weighted by Gasteiger charge is 2.39. The molecular formula is C11H16S. The second-order valence-electron chi connectivity index (χ2n) is 4.59. The molecule has 0 saturated heterocycles. The minimum Gasteiger partial charge on any atom is -0.130 e. The quantitative estimate of drug-likeness (QED) is 0.550. The van der Waals surface area contributed by atoms with Gasteiger partial charge in [0.25, 0.3) is 0 Å². The maximum atomic E-state index is 2.46. The van der Waals surface area contributed by atoms with E-state index in [2.05, 4.69) is 23.2 Å². The molecule has 4 unspecified atom stereocenters. The Labute approximate surface area is 78.8 Å². The summed E-state index contributed by atoms with van der Waals surface area (Å²) in [5, 5.41) is 3.32. The highest BCUT2D eigenvalue weighted by Crippen LogP contribution is 2.50. The van der Waals surface area contributed by atoms with Crippen LogP contribution in [-0.4, -0.2) is 5.25 Å². The fraction of sp³-hybridized carbons (Fsp3) is 0.818. The number of allylic oxidation sites excluding steroid dienone is 1. The molecule has 0 spiro atoms. The van der Waals surface area contributed by atoms with Gasteiger partial charge < -0.3 is 0 Å². The monoisotopic (exact) mass is 180 g/mol. The third-order valence-corrected chi connectivity index (χ3v) is 5.19. The van der Waals surface area contributed by atoms with Gasteiger partial charge in [-0.1, -0.05) is 25.3 Å². The molecule has 12 heavy (non-hydrogen) atoms. The molecular weight excluding hydrogens is 164 g/mol. The molecule has 2 fully saturated rings. The van der Waals surface area contributed by atoms with Gasteiger partial charge in [0.1, 0.15) is 0 Å². The van der Waals surface area contributed by atoms with Crippen molar-refractivity contribution in [2.24, 2.45) is 17.8 Å². The van der Waals surface area contributed by atoms with Crippen LogP contribution in [0.5, 0.6) is 0 Å². The normalized spacial score (nSPS) is 50.7. The predicted molar refractivity (Wildman–Crippen MR) is 54.1 cm³/mol. The molecule has 0 nitrogen and oxygen atoms in total. The van der Waals surface area contributed by atoms with Crippen LogP contribution in [0.3, 0.4) is 0 Å². The third kappa shape index (κ3) is 1.06. The molecule has 0 amide bonds. The molecule has 0 bridgehead atoms. The molecule has 0 aromatic carbocycles. The summed E-state index contributed by atoms with van der Waals surface area (Å²) in [5.74, 6) is 3.17. The number of rotatable bonds is 0. The molecule has 66 valence electrons. The molecule has 3 rings (SSSR count). The smallest absolute Gasteiger partial charge is 0.0154 e. The van der Waals surface area contributed by atoms with E-state index >= 15 is 0 Å². The highest BCUT2D eigenvalue weighted by molar-refractivity contribution is 8.03. The van der Waals surface area contributed by atoms with Crippen LogP contribution in [0, 0.1) is 17.8 Å². The molecule has 0 aromatic heterocycles. The average molecular weight is 180 g/mol. The van der Waals surface area contributed by atoms with E-state index in [4.69, 9.17) is 0 Å². The Balaban J connectivity index is 1.78. The van der Waals surface area contributed by atoms with Crippen molar-refractivity contribution in [2.75, 3.05) is 0 Å². The lowest BCUT2D eigenvalue weighted by molar-refractivity contribution is 0.246. The number of fused-ring (bicyclic) bond motifs is 2. The van der Waals surface area contributed by atoms with Crippen LogP contribution in [0.4, 0.5) is 0 Å². The summed E-state index contributed by atoms with van der Waals surface area (Å²) < 4.78 is 0. The molecule has 4 atom stereocenters. The average Bonchev–Trinajstić information content (AvgIpc) is 2.64. The lowest BCUT2D eigenvalue weighted by Gasteiger charge is -2.33. The summed E-state index contributed by atoms with van der Waals surface area (Å²) >= 11 is 2.09. The summed E-state index contributed by atoms with van der Waals surface area (Å²) in [5.41, 5.74) is 0. The summed E-state index contributed by atoms with van der Waals surface area (Å²) in [6, 6.07) is 0. The van der Waals surface area contributed by atoms with E-state index in [-0.39, 0.29) is 0 Å². The van der Waals surface area contributed by atoms with Gasteiger partial charge in [-0.25, -0.2) is 0 Å². The first-order valence-electron chi connectivity index (χ1n) is 5.25. The molecule has 2 aliphatic carbocycles. The van der Waals surface area contributed by atoms with Gasteiger partial charge in [0, 0.05) is 5.25 Å². The third-order valence-electron chi connectivity index (χ3n) is 3.98. The van der Waals surface area contributed by atoms with Gasteiger partial charge in [-0.3, -0.25) is 0 Å². The van der Waals surface area contributed by atoms with E-state index in [0.717, 1.165) is 23.0 Å². The molecule has 2 saturated carbocycles. The standard InChI is InChI=1S/C11H16S/c1-2-8-6-10-4-5-12-11(10)7-9(8)3-1/h4-5,8-11H,1-3,6-7H2. The SMILES string of the molecule is C1=CC2CC3CCCC3CC2S1. The maximum Gasteiger partial charge on any atom is 0.0154 e. The number of thioether (sulfide) groups is 1. The molecule has 3 aliphatic rings. The molecule has 1 heteroatoms. The second kappa shape index (κ2) is 2.80. The Morgan fingerprint density at radius 2 is 1.92 bits per heavy atom. The van der Waals surface area contributed by atoms with Gasteiger partial charge in [0.05, 0.1) is 0 Å². The topological polar surface area (TPSA) is 0 Å². The van der Waals surface area contributed by atoms with Crippen LogP contribution >= 0.6 is 11.8 Å². The zero-order valence-corrected chi connectivity index (χ0v) is 8.22. The Morgan fingerprint density at radius 3 is 2.83 bits per heavy atom. The fourth-order valence-corrected chi connectivity index (χ4v) is 4.57. The number of hydrogen-bond acceptors (Lipinski definition) is 1. The van der Waals surface area contributed by atoms with Crippen molar-refractivity contribution < 1.29 is 0 Å². The zero-order chi connectivity index (χ0) is 7.97. The van der Waals surface area contributed by atoms with Crippen LogP contribution in [0.25, 0.3) is 0 Å². The van der Waals surface area contributed by atoms with Crippen LogP contribution in [0.1, 0.15) is 32.1 Å². The Bertz CT molecular complexity index is 209. The van der Waals surface area contributed by atoms with E-state index in [9.17, 15) is 0 Å². The van der Waals surface area contributed by atoms with Gasteiger partial charge in [0.2, 0.25) is 0 Å². The minimum absolute atomic E-state index is 0.953. The first-order valence-corrected chi connectivity index (χ1v) is 6.20. The number of hydrogen-bond donors (Lipinski definition) is 0. The summed E-state index contributed by atoms with van der Waals surface area (Å²) in [4.78, 5) is 0. The van der Waals surface area contributed by atoms with E-state index in [1.165, 1.54) is 32.1 Å². The van der Waals surface area contributed by atoms with Crippen molar-refractivity contribution in [2.45, 2.75) is 37.4 Å². The Morgan fingerprint density at radius 1 is 1.08 bits per heavy atom. The first-order chi connectivity index (χ1) is 5.93. The van der Waals surface area contributed by atoms with E-state index in [1.807, 2.05) is 0 Å². The summed E-state index contributed by atoms with van der Waals surface area (Å²) in [6.45, 7) is 0. The minimum atomic E-state index is 0.953. The molecule has 0 radical (unpaired) electrons. The maximum absolute atomic E-state index is 2.46. The van der Waals surface area contributed by atoms with Crippen molar-refractivity contribution in [1.29, 1.82) is 0 Å². The van der Waals surface area contributed by atoms with Crippen molar-refractivity contribution >= 4 is 11.8 Å². The summed E-state index contributed by atoms with van der Waals surface area (Å²) in [7, 11) is 0. The van der Waals surface area contributed by atoms with Gasteiger partial charge in [-0.05, 0) is 36.0 Å². The van der Waals surface area contributed by atoms with Crippen molar-refractivity contribution in [3.8, 4) is 0 Å². The molecule has 0 N–H and O–H groups in total. The van der Waals surface area contributed by atoms with Crippen LogP contribution in [0.15, 0.2) is 11.5 Å². The van der Waals surface area contributed by atoms with Crippen molar-refractivity contribution in [3.05, 3.63) is 11.5 Å². The molecule has 1 heterocycles. The van der Waals surface area contributed by atoms with Crippen molar-refractivity contribution in [3.63, 3.8) is 0 Å².